The minimum Gasteiger partial charge on any atom is -0.493 e. The van der Waals surface area contributed by atoms with Crippen LogP contribution in [-0.4, -0.2) is 13.2 Å². The van der Waals surface area contributed by atoms with Gasteiger partial charge in [-0.3, -0.25) is 0 Å². The van der Waals surface area contributed by atoms with Crippen LogP contribution in [-0.2, 0) is 0 Å². The molecule has 0 radical (unpaired) electrons. The van der Waals surface area contributed by atoms with Crippen LogP contribution in [0.4, 0.5) is 0 Å². The molecule has 2 nitrogen and oxygen atoms in total. The Kier molecular flexibility index (Phi) is 3.95. The third-order valence-corrected chi connectivity index (χ3v) is 3.72. The second-order valence-electron chi connectivity index (χ2n) is 5.13. The van der Waals surface area contributed by atoms with Crippen molar-refractivity contribution in [3.05, 3.63) is 29.8 Å². The lowest BCUT2D eigenvalue weighted by molar-refractivity contribution is 0.296. The Morgan fingerprint density at radius 1 is 1.24 bits per heavy atom. The zero-order valence-corrected chi connectivity index (χ0v) is 10.8. The highest BCUT2D eigenvalue weighted by Crippen LogP contribution is 2.49. The second kappa shape index (κ2) is 5.28. The van der Waals surface area contributed by atoms with Crippen molar-refractivity contribution in [1.29, 1.82) is 0 Å². The average Bonchev–Trinajstić information content (AvgIpc) is 3.20. The summed E-state index contributed by atoms with van der Waals surface area (Å²) in [5.74, 6) is 3.25. The third kappa shape index (κ3) is 2.93. The first-order chi connectivity index (χ1) is 7.88. The largest absolute Gasteiger partial charge is 0.493 e. The van der Waals surface area contributed by atoms with Crippen molar-refractivity contribution in [1.82, 2.24) is 0 Å². The topological polar surface area (TPSA) is 35.2 Å². The average molecular weight is 254 g/mol. The molecule has 3 heteroatoms. The number of hydrogen-bond donors (Lipinski definition) is 1. The van der Waals surface area contributed by atoms with E-state index in [1.54, 1.807) is 0 Å². The lowest BCUT2D eigenvalue weighted by Crippen LogP contribution is -2.04. The van der Waals surface area contributed by atoms with Crippen LogP contribution in [0.25, 0.3) is 0 Å². The molecular weight excluding hydrogens is 234 g/mol. The van der Waals surface area contributed by atoms with E-state index in [9.17, 15) is 0 Å². The summed E-state index contributed by atoms with van der Waals surface area (Å²) in [6.07, 6.45) is 3.92. The summed E-state index contributed by atoms with van der Waals surface area (Å²) in [4.78, 5) is 0. The molecule has 2 saturated carbocycles. The van der Waals surface area contributed by atoms with Gasteiger partial charge in [-0.1, -0.05) is 18.2 Å². The maximum absolute atomic E-state index is 5.91. The predicted molar refractivity (Wildman–Crippen MR) is 71.8 cm³/mol. The van der Waals surface area contributed by atoms with Crippen LogP contribution < -0.4 is 10.5 Å². The molecule has 0 heterocycles. The zero-order chi connectivity index (χ0) is 11.0. The molecule has 0 amide bonds. The normalized spacial score (nSPS) is 26.2. The lowest BCUT2D eigenvalue weighted by atomic mass is 10.1. The van der Waals surface area contributed by atoms with E-state index in [4.69, 9.17) is 10.5 Å². The van der Waals surface area contributed by atoms with Gasteiger partial charge in [-0.15, -0.1) is 12.4 Å². The van der Waals surface area contributed by atoms with Gasteiger partial charge in [0.05, 0.1) is 6.61 Å². The molecule has 0 spiro atoms. The molecule has 2 fully saturated rings. The highest BCUT2D eigenvalue weighted by atomic mass is 35.5. The number of rotatable bonds is 5. The summed E-state index contributed by atoms with van der Waals surface area (Å²) in [6, 6.07) is 8.46. The van der Waals surface area contributed by atoms with Crippen molar-refractivity contribution in [2.24, 2.45) is 17.6 Å². The maximum Gasteiger partial charge on any atom is 0.122 e. The fourth-order valence-corrected chi connectivity index (χ4v) is 2.30. The Labute approximate surface area is 109 Å². The van der Waals surface area contributed by atoms with Gasteiger partial charge in [0, 0.05) is 0 Å². The Morgan fingerprint density at radius 2 is 2.00 bits per heavy atom. The van der Waals surface area contributed by atoms with Crippen molar-refractivity contribution in [2.45, 2.75) is 25.2 Å². The van der Waals surface area contributed by atoms with E-state index in [0.717, 1.165) is 24.8 Å². The first-order valence-corrected chi connectivity index (χ1v) is 6.30. The van der Waals surface area contributed by atoms with Crippen LogP contribution in [0.15, 0.2) is 24.3 Å². The standard InChI is InChI=1S/C14H19NO.ClH/c15-8-11-7-13(11)12-3-1-2-4-14(12)16-9-10-5-6-10;/h1-4,10-11,13H,5-9,15H2;1H/t11-,13+;/m0./s1. The Hall–Kier alpha value is -0.730. The molecule has 0 aromatic heterocycles. The molecular formula is C14H20ClNO. The molecule has 17 heavy (non-hydrogen) atoms. The number of nitrogens with two attached hydrogens (primary N) is 1. The Bertz CT molecular complexity index is 378. The number of hydrogen-bond acceptors (Lipinski definition) is 2. The molecule has 2 aliphatic carbocycles. The number of benzene rings is 1. The summed E-state index contributed by atoms with van der Waals surface area (Å²) in [6.45, 7) is 1.71. The molecule has 2 N–H and O–H groups in total. The Morgan fingerprint density at radius 3 is 2.65 bits per heavy atom. The van der Waals surface area contributed by atoms with Gasteiger partial charge in [-0.2, -0.15) is 0 Å². The van der Waals surface area contributed by atoms with E-state index in [1.807, 2.05) is 0 Å². The molecule has 94 valence electrons. The summed E-state index contributed by atoms with van der Waals surface area (Å²) >= 11 is 0. The first-order valence-electron chi connectivity index (χ1n) is 6.30. The number of para-hydroxylation sites is 1. The number of halogens is 1. The maximum atomic E-state index is 5.91. The minimum atomic E-state index is 0. The van der Waals surface area contributed by atoms with E-state index >= 15 is 0 Å². The van der Waals surface area contributed by atoms with E-state index in [0.29, 0.717) is 11.8 Å². The molecule has 3 rings (SSSR count). The highest BCUT2D eigenvalue weighted by molar-refractivity contribution is 5.85. The fraction of sp³-hybridized carbons (Fsp3) is 0.571. The van der Waals surface area contributed by atoms with Crippen LogP contribution in [0.5, 0.6) is 5.75 Å². The van der Waals surface area contributed by atoms with Crippen molar-refractivity contribution in [2.75, 3.05) is 13.2 Å². The summed E-state index contributed by atoms with van der Waals surface area (Å²) < 4.78 is 5.91. The fourth-order valence-electron chi connectivity index (χ4n) is 2.30. The van der Waals surface area contributed by atoms with Gasteiger partial charge in [-0.05, 0) is 55.2 Å². The van der Waals surface area contributed by atoms with Crippen LogP contribution in [0.2, 0.25) is 0 Å². The monoisotopic (exact) mass is 253 g/mol. The SMILES string of the molecule is Cl.NC[C@@H]1C[C@H]1c1ccccc1OCC1CC1. The Balaban J connectivity index is 0.00000108. The predicted octanol–water partition coefficient (Wildman–Crippen LogP) is 2.96. The summed E-state index contributed by atoms with van der Waals surface area (Å²) in [7, 11) is 0. The van der Waals surface area contributed by atoms with Gasteiger partial charge in [0.25, 0.3) is 0 Å². The van der Waals surface area contributed by atoms with Gasteiger partial charge in [0.1, 0.15) is 5.75 Å². The molecule has 2 aliphatic rings. The first kappa shape index (κ1) is 12.7. The lowest BCUT2D eigenvalue weighted by Gasteiger charge is -2.10. The van der Waals surface area contributed by atoms with E-state index < -0.39 is 0 Å². The molecule has 0 saturated heterocycles. The third-order valence-electron chi connectivity index (χ3n) is 3.72. The minimum absolute atomic E-state index is 0. The van der Waals surface area contributed by atoms with Crippen LogP contribution >= 0.6 is 12.4 Å². The van der Waals surface area contributed by atoms with Crippen molar-refractivity contribution in [3.63, 3.8) is 0 Å². The molecule has 1 aromatic carbocycles. The summed E-state index contributed by atoms with van der Waals surface area (Å²) in [5, 5.41) is 0. The number of ether oxygens (including phenoxy) is 1. The quantitative estimate of drug-likeness (QED) is 0.876. The van der Waals surface area contributed by atoms with Gasteiger partial charge in [0.15, 0.2) is 0 Å². The van der Waals surface area contributed by atoms with Gasteiger partial charge in [0.2, 0.25) is 0 Å². The van der Waals surface area contributed by atoms with Gasteiger partial charge in [-0.25, -0.2) is 0 Å². The molecule has 0 unspecified atom stereocenters. The molecule has 1 aromatic rings. The second-order valence-corrected chi connectivity index (χ2v) is 5.13. The van der Waals surface area contributed by atoms with Crippen LogP contribution in [0.1, 0.15) is 30.7 Å². The molecule has 0 aliphatic heterocycles. The van der Waals surface area contributed by atoms with E-state index in [1.165, 1.54) is 24.8 Å². The van der Waals surface area contributed by atoms with Crippen molar-refractivity contribution in [3.8, 4) is 5.75 Å². The van der Waals surface area contributed by atoms with Crippen molar-refractivity contribution >= 4 is 12.4 Å². The highest BCUT2D eigenvalue weighted by Gasteiger charge is 2.38. The zero-order valence-electron chi connectivity index (χ0n) is 9.97. The molecule has 0 bridgehead atoms. The van der Waals surface area contributed by atoms with Crippen LogP contribution in [0.3, 0.4) is 0 Å². The summed E-state index contributed by atoms with van der Waals surface area (Å²) in [5.41, 5.74) is 7.08. The van der Waals surface area contributed by atoms with Crippen LogP contribution in [0, 0.1) is 11.8 Å². The van der Waals surface area contributed by atoms with E-state index in [-0.39, 0.29) is 12.4 Å². The van der Waals surface area contributed by atoms with Crippen molar-refractivity contribution < 1.29 is 4.74 Å². The van der Waals surface area contributed by atoms with Gasteiger partial charge < -0.3 is 10.5 Å². The smallest absolute Gasteiger partial charge is 0.122 e. The van der Waals surface area contributed by atoms with Gasteiger partial charge >= 0.3 is 0 Å². The van der Waals surface area contributed by atoms with E-state index in [2.05, 4.69) is 24.3 Å². The molecule has 2 atom stereocenters.